The van der Waals surface area contributed by atoms with Gasteiger partial charge in [-0.1, -0.05) is 0 Å². The third kappa shape index (κ3) is 5.25. The average Bonchev–Trinajstić information content (AvgIpc) is 2.35. The molecule has 0 aliphatic rings. The first-order valence-electron chi connectivity index (χ1n) is 5.99. The van der Waals surface area contributed by atoms with Crippen LogP contribution < -0.4 is 10.1 Å². The van der Waals surface area contributed by atoms with E-state index in [2.05, 4.69) is 5.32 Å². The molecule has 1 aromatic carbocycles. The van der Waals surface area contributed by atoms with Gasteiger partial charge >= 0.3 is 5.69 Å². The van der Waals surface area contributed by atoms with E-state index in [-0.39, 0.29) is 11.4 Å². The van der Waals surface area contributed by atoms with Crippen LogP contribution in [0.1, 0.15) is 13.3 Å². The van der Waals surface area contributed by atoms with Crippen LogP contribution >= 0.6 is 0 Å². The molecule has 0 spiro atoms. The first-order chi connectivity index (χ1) is 9.04. The zero-order chi connectivity index (χ0) is 14.3. The lowest BCUT2D eigenvalue weighted by Crippen LogP contribution is -2.06. The molecule has 0 heterocycles. The van der Waals surface area contributed by atoms with E-state index >= 15 is 0 Å². The summed E-state index contributed by atoms with van der Waals surface area (Å²) in [6.07, 6.45) is 2.45. The molecule has 0 radical (unpaired) electrons. The Kier molecular flexibility index (Phi) is 6.27. The predicted molar refractivity (Wildman–Crippen MR) is 76.3 cm³/mol. The largest absolute Gasteiger partial charge is 0.487 e. The Balaban J connectivity index is 2.67. The van der Waals surface area contributed by atoms with Gasteiger partial charge in [0.05, 0.1) is 11.5 Å². The molecule has 1 N–H and O–H groups in total. The fourth-order valence-corrected chi connectivity index (χ4v) is 2.11. The number of hydrogen-bond acceptors (Lipinski definition) is 5. The van der Waals surface area contributed by atoms with E-state index in [1.165, 1.54) is 6.07 Å². The van der Waals surface area contributed by atoms with Gasteiger partial charge in [0.1, 0.15) is 0 Å². The summed E-state index contributed by atoms with van der Waals surface area (Å²) >= 11 is 0. The topological polar surface area (TPSA) is 81.5 Å². The second-order valence-corrected chi connectivity index (χ2v) is 5.48. The number of hydrogen-bond donors (Lipinski definition) is 1. The molecular weight excluding hydrogens is 268 g/mol. The molecule has 0 saturated heterocycles. The molecule has 106 valence electrons. The molecule has 0 aliphatic heterocycles. The summed E-state index contributed by atoms with van der Waals surface area (Å²) in [4.78, 5) is 10.4. The molecule has 0 bridgehead atoms. The zero-order valence-electron chi connectivity index (χ0n) is 11.0. The molecule has 19 heavy (non-hydrogen) atoms. The molecule has 7 heteroatoms. The van der Waals surface area contributed by atoms with Gasteiger partial charge in [-0.3, -0.25) is 14.3 Å². The number of nitro groups is 1. The second-order valence-electron chi connectivity index (χ2n) is 3.93. The van der Waals surface area contributed by atoms with Gasteiger partial charge in [0.25, 0.3) is 0 Å². The monoisotopic (exact) mass is 286 g/mol. The average molecular weight is 286 g/mol. The summed E-state index contributed by atoms with van der Waals surface area (Å²) in [5.41, 5.74) is 0.720. The lowest BCUT2D eigenvalue weighted by molar-refractivity contribution is -0.385. The summed E-state index contributed by atoms with van der Waals surface area (Å²) in [5, 5.41) is 13.9. The van der Waals surface area contributed by atoms with E-state index < -0.39 is 15.7 Å². The minimum atomic E-state index is -0.795. The van der Waals surface area contributed by atoms with Gasteiger partial charge in [0, 0.05) is 47.2 Å². The van der Waals surface area contributed by atoms with Gasteiger partial charge in [0.2, 0.25) is 0 Å². The van der Waals surface area contributed by atoms with Gasteiger partial charge < -0.3 is 10.1 Å². The highest BCUT2D eigenvalue weighted by Gasteiger charge is 2.14. The van der Waals surface area contributed by atoms with Crippen molar-refractivity contribution < 1.29 is 13.9 Å². The number of benzene rings is 1. The number of ether oxygens (including phenoxy) is 1. The molecule has 0 amide bonds. The van der Waals surface area contributed by atoms with Crippen LogP contribution in [0.4, 0.5) is 11.4 Å². The summed E-state index contributed by atoms with van der Waals surface area (Å²) in [5.74, 6) is 0.898. The Morgan fingerprint density at radius 1 is 1.47 bits per heavy atom. The van der Waals surface area contributed by atoms with Crippen LogP contribution in [-0.4, -0.2) is 34.3 Å². The van der Waals surface area contributed by atoms with E-state index in [9.17, 15) is 14.3 Å². The van der Waals surface area contributed by atoms with Crippen molar-refractivity contribution in [3.05, 3.63) is 28.3 Å². The van der Waals surface area contributed by atoms with Gasteiger partial charge in [-0.25, -0.2) is 0 Å². The first kappa shape index (κ1) is 15.4. The highest BCUT2D eigenvalue weighted by atomic mass is 32.2. The van der Waals surface area contributed by atoms with Crippen molar-refractivity contribution in [2.75, 3.05) is 30.5 Å². The fourth-order valence-electron chi connectivity index (χ4n) is 1.55. The quantitative estimate of drug-likeness (QED) is 0.450. The normalized spacial score (nSPS) is 11.9. The van der Waals surface area contributed by atoms with E-state index in [1.54, 1.807) is 25.3 Å². The summed E-state index contributed by atoms with van der Waals surface area (Å²) in [6.45, 7) is 2.82. The standard InChI is InChI=1S/C12H18N2O4S/c1-3-18-12-9-10(5-6-11(12)14(15)16)13-7-4-8-19(2)17/h5-6,9,13H,3-4,7-8H2,1-2H3. The van der Waals surface area contributed by atoms with Crippen LogP contribution in [0.3, 0.4) is 0 Å². The Labute approximate surface area is 114 Å². The van der Waals surface area contributed by atoms with Crippen molar-refractivity contribution in [2.45, 2.75) is 13.3 Å². The molecule has 0 aliphatic carbocycles. The maximum absolute atomic E-state index is 10.9. The van der Waals surface area contributed by atoms with Crippen molar-refractivity contribution in [1.29, 1.82) is 0 Å². The van der Waals surface area contributed by atoms with Gasteiger partial charge in [0.15, 0.2) is 5.75 Å². The van der Waals surface area contributed by atoms with Crippen LogP contribution in [0, 0.1) is 10.1 Å². The maximum Gasteiger partial charge on any atom is 0.311 e. The highest BCUT2D eigenvalue weighted by molar-refractivity contribution is 7.84. The molecule has 1 aromatic rings. The lowest BCUT2D eigenvalue weighted by atomic mass is 10.2. The van der Waals surface area contributed by atoms with Gasteiger partial charge in [-0.2, -0.15) is 0 Å². The number of anilines is 1. The maximum atomic E-state index is 10.9. The Morgan fingerprint density at radius 3 is 2.79 bits per heavy atom. The molecule has 0 saturated carbocycles. The molecule has 0 aromatic heterocycles. The Hall–Kier alpha value is -1.63. The van der Waals surface area contributed by atoms with Crippen molar-refractivity contribution in [2.24, 2.45) is 0 Å². The van der Waals surface area contributed by atoms with Crippen LogP contribution in [0.15, 0.2) is 18.2 Å². The van der Waals surface area contributed by atoms with Crippen LogP contribution in [0.25, 0.3) is 0 Å². The third-order valence-electron chi connectivity index (χ3n) is 2.39. The predicted octanol–water partition coefficient (Wildman–Crippen LogP) is 2.17. The fraction of sp³-hybridized carbons (Fsp3) is 0.500. The summed E-state index contributed by atoms with van der Waals surface area (Å²) < 4.78 is 16.2. The number of rotatable bonds is 8. The Morgan fingerprint density at radius 2 is 2.21 bits per heavy atom. The van der Waals surface area contributed by atoms with Crippen LogP contribution in [0.5, 0.6) is 5.75 Å². The number of nitrogens with one attached hydrogen (secondary N) is 1. The first-order valence-corrected chi connectivity index (χ1v) is 7.72. The minimum absolute atomic E-state index is 0.0398. The van der Waals surface area contributed by atoms with Crippen LogP contribution in [-0.2, 0) is 10.8 Å². The third-order valence-corrected chi connectivity index (χ3v) is 3.26. The Bertz CT molecular complexity index is 465. The van der Waals surface area contributed by atoms with Crippen molar-refractivity contribution in [1.82, 2.24) is 0 Å². The molecule has 1 rings (SSSR count). The van der Waals surface area contributed by atoms with Crippen molar-refractivity contribution >= 4 is 22.2 Å². The van der Waals surface area contributed by atoms with E-state index in [0.29, 0.717) is 18.9 Å². The summed E-state index contributed by atoms with van der Waals surface area (Å²) in [7, 11) is -0.795. The van der Waals surface area contributed by atoms with Crippen LogP contribution in [0.2, 0.25) is 0 Å². The smallest absolute Gasteiger partial charge is 0.311 e. The molecule has 1 atom stereocenters. The van der Waals surface area contributed by atoms with Crippen molar-refractivity contribution in [3.8, 4) is 5.75 Å². The van der Waals surface area contributed by atoms with E-state index in [4.69, 9.17) is 4.74 Å². The molecule has 1 unspecified atom stereocenters. The molecular formula is C12H18N2O4S. The van der Waals surface area contributed by atoms with E-state index in [1.807, 2.05) is 0 Å². The number of nitro benzene ring substituents is 1. The SMILES string of the molecule is CCOc1cc(NCCCS(C)=O)ccc1[N+](=O)[O-]. The van der Waals surface area contributed by atoms with Gasteiger partial charge in [-0.05, 0) is 19.4 Å². The van der Waals surface area contributed by atoms with Gasteiger partial charge in [-0.15, -0.1) is 0 Å². The summed E-state index contributed by atoms with van der Waals surface area (Å²) in [6, 6.07) is 4.68. The lowest BCUT2D eigenvalue weighted by Gasteiger charge is -2.09. The number of nitrogens with zero attached hydrogens (tertiary/aromatic N) is 1. The molecule has 0 fully saturated rings. The second kappa shape index (κ2) is 7.73. The van der Waals surface area contributed by atoms with E-state index in [0.717, 1.165) is 12.1 Å². The minimum Gasteiger partial charge on any atom is -0.487 e. The van der Waals surface area contributed by atoms with Crippen molar-refractivity contribution in [3.63, 3.8) is 0 Å². The molecule has 6 nitrogen and oxygen atoms in total. The highest BCUT2D eigenvalue weighted by Crippen LogP contribution is 2.29. The zero-order valence-corrected chi connectivity index (χ0v) is 11.9.